The molecule has 1 N–H and O–H groups in total. The number of nitrogens with zero attached hydrogens (tertiary/aromatic N) is 2. The second-order valence-corrected chi connectivity index (χ2v) is 6.00. The van der Waals surface area contributed by atoms with Gasteiger partial charge >= 0.3 is 0 Å². The first-order valence-electron chi connectivity index (χ1n) is 6.57. The molecule has 0 spiro atoms. The lowest BCUT2D eigenvalue weighted by atomic mass is 9.80. The summed E-state index contributed by atoms with van der Waals surface area (Å²) in [5.74, 6) is -0.141. The Labute approximate surface area is 119 Å². The lowest BCUT2D eigenvalue weighted by molar-refractivity contribution is 0.0891. The number of carbonyl (C=O) groups excluding carboxylic acids is 1. The summed E-state index contributed by atoms with van der Waals surface area (Å²) in [5.41, 5.74) is 0.623. The van der Waals surface area contributed by atoms with Crippen molar-refractivity contribution >= 4 is 17.5 Å². The van der Waals surface area contributed by atoms with E-state index in [2.05, 4.69) is 29.2 Å². The molecular weight excluding hydrogens is 262 g/mol. The number of hydrogen-bond acceptors (Lipinski definition) is 3. The molecule has 0 saturated carbocycles. The Morgan fingerprint density at radius 2 is 2.21 bits per heavy atom. The van der Waals surface area contributed by atoms with Gasteiger partial charge in [0, 0.05) is 12.7 Å². The average molecular weight is 282 g/mol. The molecule has 104 valence electrons. The molecule has 5 heteroatoms. The summed E-state index contributed by atoms with van der Waals surface area (Å²) in [6.07, 6.45) is 3.78. The molecule has 4 nitrogen and oxygen atoms in total. The maximum Gasteiger partial charge on any atom is 0.254 e. The monoisotopic (exact) mass is 281 g/mol. The Morgan fingerprint density at radius 1 is 1.53 bits per heavy atom. The van der Waals surface area contributed by atoms with Gasteiger partial charge in [-0.05, 0) is 50.5 Å². The SMILES string of the molecule is CN1CCC(C)(CNC(=O)c2cccnc2Cl)CC1. The van der Waals surface area contributed by atoms with Crippen LogP contribution in [0.15, 0.2) is 18.3 Å². The first-order chi connectivity index (χ1) is 9.00. The molecule has 0 aromatic carbocycles. The highest BCUT2D eigenvalue weighted by molar-refractivity contribution is 6.32. The van der Waals surface area contributed by atoms with Gasteiger partial charge in [-0.2, -0.15) is 0 Å². The zero-order chi connectivity index (χ0) is 13.9. The van der Waals surface area contributed by atoms with Crippen molar-refractivity contribution in [3.05, 3.63) is 29.0 Å². The number of halogens is 1. The Morgan fingerprint density at radius 3 is 2.84 bits per heavy atom. The van der Waals surface area contributed by atoms with Crippen molar-refractivity contribution in [3.8, 4) is 0 Å². The van der Waals surface area contributed by atoms with Gasteiger partial charge in [-0.3, -0.25) is 4.79 Å². The van der Waals surface area contributed by atoms with Gasteiger partial charge in [-0.25, -0.2) is 4.98 Å². The summed E-state index contributed by atoms with van der Waals surface area (Å²) in [6, 6.07) is 3.42. The predicted molar refractivity (Wildman–Crippen MR) is 76.4 cm³/mol. The third-order valence-electron chi connectivity index (χ3n) is 3.87. The average Bonchev–Trinajstić information content (AvgIpc) is 2.41. The highest BCUT2D eigenvalue weighted by Crippen LogP contribution is 2.29. The molecule has 2 heterocycles. The van der Waals surface area contributed by atoms with Crippen LogP contribution in [0.2, 0.25) is 5.15 Å². The van der Waals surface area contributed by atoms with Gasteiger partial charge in [0.15, 0.2) is 0 Å². The van der Waals surface area contributed by atoms with Gasteiger partial charge in [0.2, 0.25) is 0 Å². The van der Waals surface area contributed by atoms with Gasteiger partial charge in [0.25, 0.3) is 5.91 Å². The van der Waals surface area contributed by atoms with Crippen LogP contribution in [0.5, 0.6) is 0 Å². The van der Waals surface area contributed by atoms with Gasteiger partial charge in [-0.15, -0.1) is 0 Å². The van der Waals surface area contributed by atoms with E-state index in [0.29, 0.717) is 12.1 Å². The standard InChI is InChI=1S/C14H20ClN3O/c1-14(5-8-18(2)9-6-14)10-17-13(19)11-4-3-7-16-12(11)15/h3-4,7H,5-6,8-10H2,1-2H3,(H,17,19). The molecule has 2 rings (SSSR count). The third kappa shape index (κ3) is 3.67. The normalized spacial score (nSPS) is 19.1. The minimum atomic E-state index is -0.141. The smallest absolute Gasteiger partial charge is 0.254 e. The van der Waals surface area contributed by atoms with E-state index < -0.39 is 0 Å². The topological polar surface area (TPSA) is 45.2 Å². The molecule has 0 unspecified atom stereocenters. The van der Waals surface area contributed by atoms with Crippen LogP contribution >= 0.6 is 11.6 Å². The zero-order valence-corrected chi connectivity index (χ0v) is 12.2. The second-order valence-electron chi connectivity index (χ2n) is 5.64. The molecular formula is C14H20ClN3O. The number of rotatable bonds is 3. The fourth-order valence-electron chi connectivity index (χ4n) is 2.28. The zero-order valence-electron chi connectivity index (χ0n) is 11.4. The largest absolute Gasteiger partial charge is 0.351 e. The fraction of sp³-hybridized carbons (Fsp3) is 0.571. The molecule has 0 radical (unpaired) electrons. The number of nitrogens with one attached hydrogen (secondary N) is 1. The van der Waals surface area contributed by atoms with E-state index >= 15 is 0 Å². The molecule has 1 aliphatic heterocycles. The van der Waals surface area contributed by atoms with Crippen molar-refractivity contribution in [3.63, 3.8) is 0 Å². The van der Waals surface area contributed by atoms with E-state index in [0.717, 1.165) is 25.9 Å². The molecule has 19 heavy (non-hydrogen) atoms. The van der Waals surface area contributed by atoms with Crippen molar-refractivity contribution in [2.75, 3.05) is 26.7 Å². The molecule has 1 aromatic heterocycles. The Kier molecular flexibility index (Phi) is 4.42. The van der Waals surface area contributed by atoms with Crippen molar-refractivity contribution < 1.29 is 4.79 Å². The molecule has 0 bridgehead atoms. The van der Waals surface area contributed by atoms with E-state index in [1.165, 1.54) is 0 Å². The van der Waals surface area contributed by atoms with E-state index in [4.69, 9.17) is 11.6 Å². The summed E-state index contributed by atoms with van der Waals surface area (Å²) >= 11 is 5.92. The summed E-state index contributed by atoms with van der Waals surface area (Å²) in [6.45, 7) is 5.08. The van der Waals surface area contributed by atoms with Crippen molar-refractivity contribution in [2.24, 2.45) is 5.41 Å². The molecule has 1 aromatic rings. The molecule has 1 fully saturated rings. The van der Waals surface area contributed by atoms with Crippen molar-refractivity contribution in [1.82, 2.24) is 15.2 Å². The molecule has 0 atom stereocenters. The number of hydrogen-bond donors (Lipinski definition) is 1. The summed E-state index contributed by atoms with van der Waals surface area (Å²) < 4.78 is 0. The van der Waals surface area contributed by atoms with Crippen LogP contribution < -0.4 is 5.32 Å². The second kappa shape index (κ2) is 5.88. The quantitative estimate of drug-likeness (QED) is 0.864. The van der Waals surface area contributed by atoms with E-state index in [-0.39, 0.29) is 16.5 Å². The minimum Gasteiger partial charge on any atom is -0.351 e. The molecule has 1 saturated heterocycles. The maximum absolute atomic E-state index is 12.1. The lowest BCUT2D eigenvalue weighted by Crippen LogP contribution is -2.43. The summed E-state index contributed by atoms with van der Waals surface area (Å²) in [7, 11) is 2.13. The lowest BCUT2D eigenvalue weighted by Gasteiger charge is -2.37. The van der Waals surface area contributed by atoms with Crippen LogP contribution in [0.25, 0.3) is 0 Å². The van der Waals surface area contributed by atoms with E-state index in [9.17, 15) is 4.79 Å². The Hall–Kier alpha value is -1.13. The number of aromatic nitrogens is 1. The van der Waals surface area contributed by atoms with Crippen molar-refractivity contribution in [1.29, 1.82) is 0 Å². The minimum absolute atomic E-state index is 0.141. The van der Waals surface area contributed by atoms with E-state index in [1.807, 2.05) is 0 Å². The number of pyridine rings is 1. The van der Waals surface area contributed by atoms with E-state index in [1.54, 1.807) is 18.3 Å². The van der Waals surface area contributed by atoms with Gasteiger partial charge in [0.05, 0.1) is 5.56 Å². The summed E-state index contributed by atoms with van der Waals surface area (Å²) in [5, 5.41) is 3.24. The number of piperidine rings is 1. The fourth-order valence-corrected chi connectivity index (χ4v) is 2.48. The van der Waals surface area contributed by atoms with Gasteiger partial charge in [-0.1, -0.05) is 18.5 Å². The third-order valence-corrected chi connectivity index (χ3v) is 4.17. The van der Waals surface area contributed by atoms with Crippen LogP contribution in [0, 0.1) is 5.41 Å². The predicted octanol–water partition coefficient (Wildman–Crippen LogP) is 2.20. The van der Waals surface area contributed by atoms with Crippen LogP contribution in [0.1, 0.15) is 30.1 Å². The summed E-state index contributed by atoms with van der Waals surface area (Å²) in [4.78, 5) is 18.3. The highest BCUT2D eigenvalue weighted by atomic mass is 35.5. The first kappa shape index (κ1) is 14.3. The van der Waals surface area contributed by atoms with Crippen LogP contribution in [0.3, 0.4) is 0 Å². The first-order valence-corrected chi connectivity index (χ1v) is 6.95. The van der Waals surface area contributed by atoms with Crippen molar-refractivity contribution in [2.45, 2.75) is 19.8 Å². The Balaban J connectivity index is 1.92. The Bertz CT molecular complexity index is 456. The van der Waals surface area contributed by atoms with Crippen LogP contribution in [0.4, 0.5) is 0 Å². The number of likely N-dealkylation sites (tertiary alicyclic amines) is 1. The maximum atomic E-state index is 12.1. The van der Waals surface area contributed by atoms with Gasteiger partial charge in [0.1, 0.15) is 5.15 Å². The highest BCUT2D eigenvalue weighted by Gasteiger charge is 2.29. The molecule has 0 aliphatic carbocycles. The molecule has 1 aliphatic rings. The molecule has 1 amide bonds. The van der Waals surface area contributed by atoms with Crippen LogP contribution in [-0.2, 0) is 0 Å². The van der Waals surface area contributed by atoms with Crippen LogP contribution in [-0.4, -0.2) is 42.5 Å². The number of amides is 1. The number of carbonyl (C=O) groups is 1. The van der Waals surface area contributed by atoms with Gasteiger partial charge < -0.3 is 10.2 Å².